The first-order valence-corrected chi connectivity index (χ1v) is 5.42. The first-order chi connectivity index (χ1) is 6.72. The monoisotopic (exact) mass is 193 g/mol. The number of nitrogens with zero attached hydrogens (tertiary/aromatic N) is 2. The normalized spacial score (nSPS) is 20.9. The molecule has 1 aromatic rings. The Morgan fingerprint density at radius 3 is 3.07 bits per heavy atom. The molecular weight excluding hydrogens is 174 g/mol. The van der Waals surface area contributed by atoms with E-state index in [-0.39, 0.29) is 0 Å². The maximum absolute atomic E-state index is 4.63. The molecule has 0 saturated carbocycles. The minimum atomic E-state index is 0.798. The lowest BCUT2D eigenvalue weighted by molar-refractivity contribution is 0.385. The number of hydrogen-bond acceptors (Lipinski definition) is 2. The molecule has 1 aliphatic heterocycles. The van der Waals surface area contributed by atoms with Gasteiger partial charge in [-0.2, -0.15) is 0 Å². The maximum atomic E-state index is 4.63. The van der Waals surface area contributed by atoms with E-state index < -0.39 is 0 Å². The summed E-state index contributed by atoms with van der Waals surface area (Å²) in [6.45, 7) is 6.52. The van der Waals surface area contributed by atoms with Crippen molar-refractivity contribution in [2.24, 2.45) is 5.92 Å². The molecule has 3 nitrogen and oxygen atoms in total. The zero-order valence-corrected chi connectivity index (χ0v) is 9.30. The minimum Gasteiger partial charge on any atom is -0.330 e. The Bertz CT molecular complexity index is 328. The highest BCUT2D eigenvalue weighted by Crippen LogP contribution is 2.22. The van der Waals surface area contributed by atoms with E-state index in [1.807, 2.05) is 7.05 Å². The van der Waals surface area contributed by atoms with Gasteiger partial charge in [-0.25, -0.2) is 4.98 Å². The lowest BCUT2D eigenvalue weighted by atomic mass is 10.0. The molecule has 2 heterocycles. The predicted molar refractivity (Wildman–Crippen MR) is 57.2 cm³/mol. The molecule has 0 saturated heterocycles. The van der Waals surface area contributed by atoms with Crippen molar-refractivity contribution in [2.45, 2.75) is 39.8 Å². The number of rotatable bonds is 2. The van der Waals surface area contributed by atoms with Crippen molar-refractivity contribution in [3.8, 4) is 0 Å². The van der Waals surface area contributed by atoms with Crippen molar-refractivity contribution >= 4 is 0 Å². The van der Waals surface area contributed by atoms with Crippen molar-refractivity contribution in [3.63, 3.8) is 0 Å². The summed E-state index contributed by atoms with van der Waals surface area (Å²) >= 11 is 0. The Kier molecular flexibility index (Phi) is 2.59. The highest BCUT2D eigenvalue weighted by molar-refractivity contribution is 5.17. The van der Waals surface area contributed by atoms with Gasteiger partial charge in [-0.3, -0.25) is 0 Å². The van der Waals surface area contributed by atoms with Crippen LogP contribution in [0.5, 0.6) is 0 Å². The van der Waals surface area contributed by atoms with Crippen LogP contribution < -0.4 is 5.32 Å². The van der Waals surface area contributed by atoms with E-state index in [0.717, 1.165) is 25.4 Å². The lowest BCUT2D eigenvalue weighted by Crippen LogP contribution is -2.21. The molecule has 1 N–H and O–H groups in total. The Labute approximate surface area is 85.5 Å². The summed E-state index contributed by atoms with van der Waals surface area (Å²) < 4.78 is 2.40. The zero-order chi connectivity index (χ0) is 10.1. The number of aromatic nitrogens is 2. The van der Waals surface area contributed by atoms with Gasteiger partial charge in [-0.15, -0.1) is 0 Å². The second-order valence-corrected chi connectivity index (χ2v) is 4.34. The quantitative estimate of drug-likeness (QED) is 0.771. The van der Waals surface area contributed by atoms with Crippen LogP contribution in [0.1, 0.15) is 30.6 Å². The van der Waals surface area contributed by atoms with Crippen LogP contribution in [0.15, 0.2) is 0 Å². The Morgan fingerprint density at radius 2 is 2.36 bits per heavy atom. The van der Waals surface area contributed by atoms with Gasteiger partial charge in [0.05, 0.1) is 11.4 Å². The fraction of sp³-hybridized carbons (Fsp3) is 0.727. The van der Waals surface area contributed by atoms with Gasteiger partial charge in [-0.05, 0) is 26.3 Å². The molecule has 78 valence electrons. The zero-order valence-electron chi connectivity index (χ0n) is 9.30. The van der Waals surface area contributed by atoms with Crippen molar-refractivity contribution in [1.82, 2.24) is 14.9 Å². The minimum absolute atomic E-state index is 0.798. The lowest BCUT2D eigenvalue weighted by Gasteiger charge is -2.22. The van der Waals surface area contributed by atoms with Crippen LogP contribution in [-0.2, 0) is 19.5 Å². The number of nitrogens with one attached hydrogen (secondary N) is 1. The van der Waals surface area contributed by atoms with Gasteiger partial charge in [0.25, 0.3) is 0 Å². The SMILES string of the molecule is CNCc1c(C)nc2n1CC(C)CC2. The highest BCUT2D eigenvalue weighted by atomic mass is 15.1. The third-order valence-electron chi connectivity index (χ3n) is 3.05. The molecule has 3 heteroatoms. The molecule has 0 amide bonds. The van der Waals surface area contributed by atoms with Crippen LogP contribution in [0.3, 0.4) is 0 Å². The van der Waals surface area contributed by atoms with E-state index in [1.54, 1.807) is 0 Å². The van der Waals surface area contributed by atoms with Gasteiger partial charge >= 0.3 is 0 Å². The van der Waals surface area contributed by atoms with Crippen LogP contribution in [0.2, 0.25) is 0 Å². The van der Waals surface area contributed by atoms with Crippen molar-refractivity contribution in [1.29, 1.82) is 0 Å². The standard InChI is InChI=1S/C11H19N3/c1-8-4-5-11-13-9(2)10(6-12-3)14(11)7-8/h8,12H,4-7H2,1-3H3. The summed E-state index contributed by atoms with van der Waals surface area (Å²) in [4.78, 5) is 4.63. The van der Waals surface area contributed by atoms with Crippen LogP contribution in [0.25, 0.3) is 0 Å². The largest absolute Gasteiger partial charge is 0.330 e. The number of hydrogen-bond donors (Lipinski definition) is 1. The average molecular weight is 193 g/mol. The van der Waals surface area contributed by atoms with Crippen LogP contribution >= 0.6 is 0 Å². The number of fused-ring (bicyclic) bond motifs is 1. The number of imidazole rings is 1. The molecule has 1 unspecified atom stereocenters. The Balaban J connectivity index is 2.35. The van der Waals surface area contributed by atoms with Gasteiger partial charge in [-0.1, -0.05) is 6.92 Å². The van der Waals surface area contributed by atoms with Crippen molar-refractivity contribution in [3.05, 3.63) is 17.2 Å². The summed E-state index contributed by atoms with van der Waals surface area (Å²) in [5.41, 5.74) is 2.57. The average Bonchev–Trinajstić information content (AvgIpc) is 2.45. The summed E-state index contributed by atoms with van der Waals surface area (Å²) in [5, 5.41) is 3.22. The fourth-order valence-corrected chi connectivity index (χ4v) is 2.25. The van der Waals surface area contributed by atoms with Gasteiger partial charge in [0.1, 0.15) is 5.82 Å². The smallest absolute Gasteiger partial charge is 0.109 e. The topological polar surface area (TPSA) is 29.9 Å². The summed E-state index contributed by atoms with van der Waals surface area (Å²) in [6, 6.07) is 0. The van der Waals surface area contributed by atoms with Gasteiger partial charge < -0.3 is 9.88 Å². The van der Waals surface area contributed by atoms with Crippen LogP contribution in [-0.4, -0.2) is 16.6 Å². The summed E-state index contributed by atoms with van der Waals surface area (Å²) in [7, 11) is 1.99. The Hall–Kier alpha value is -0.830. The third kappa shape index (κ3) is 1.57. The van der Waals surface area contributed by atoms with Crippen LogP contribution in [0.4, 0.5) is 0 Å². The van der Waals surface area contributed by atoms with Crippen molar-refractivity contribution in [2.75, 3.05) is 7.05 Å². The molecule has 0 aromatic carbocycles. The second-order valence-electron chi connectivity index (χ2n) is 4.34. The molecule has 0 bridgehead atoms. The van der Waals surface area contributed by atoms with Gasteiger partial charge in [0.2, 0.25) is 0 Å². The highest BCUT2D eigenvalue weighted by Gasteiger charge is 2.20. The molecular formula is C11H19N3. The first-order valence-electron chi connectivity index (χ1n) is 5.42. The molecule has 1 atom stereocenters. The summed E-state index contributed by atoms with van der Waals surface area (Å²) in [6.07, 6.45) is 2.43. The molecule has 2 rings (SSSR count). The van der Waals surface area contributed by atoms with E-state index in [1.165, 1.54) is 23.6 Å². The molecule has 0 aliphatic carbocycles. The number of aryl methyl sites for hydroxylation is 2. The van der Waals surface area contributed by atoms with Crippen molar-refractivity contribution < 1.29 is 0 Å². The molecule has 14 heavy (non-hydrogen) atoms. The molecule has 1 aromatic heterocycles. The van der Waals surface area contributed by atoms with E-state index in [2.05, 4.69) is 28.7 Å². The fourth-order valence-electron chi connectivity index (χ4n) is 2.25. The Morgan fingerprint density at radius 1 is 1.57 bits per heavy atom. The maximum Gasteiger partial charge on any atom is 0.109 e. The van der Waals surface area contributed by atoms with E-state index in [9.17, 15) is 0 Å². The molecule has 0 spiro atoms. The molecule has 0 fully saturated rings. The van der Waals surface area contributed by atoms with Gasteiger partial charge in [0.15, 0.2) is 0 Å². The van der Waals surface area contributed by atoms with Gasteiger partial charge in [0, 0.05) is 19.5 Å². The van der Waals surface area contributed by atoms with Crippen LogP contribution in [0, 0.1) is 12.8 Å². The van der Waals surface area contributed by atoms with E-state index >= 15 is 0 Å². The van der Waals surface area contributed by atoms with E-state index in [4.69, 9.17) is 0 Å². The molecule has 1 aliphatic rings. The first kappa shape index (κ1) is 9.71. The molecule has 0 radical (unpaired) electrons. The summed E-state index contributed by atoms with van der Waals surface area (Å²) in [5.74, 6) is 2.08. The van der Waals surface area contributed by atoms with E-state index in [0.29, 0.717) is 0 Å². The third-order valence-corrected chi connectivity index (χ3v) is 3.05. The predicted octanol–water partition coefficient (Wildman–Crippen LogP) is 1.49. The second kappa shape index (κ2) is 3.73.